The van der Waals surface area contributed by atoms with Crippen LogP contribution >= 0.6 is 11.3 Å². The van der Waals surface area contributed by atoms with Crippen molar-refractivity contribution in [1.29, 1.82) is 0 Å². The van der Waals surface area contributed by atoms with E-state index in [1.807, 2.05) is 13.8 Å². The van der Waals surface area contributed by atoms with E-state index in [4.69, 9.17) is 4.74 Å². The summed E-state index contributed by atoms with van der Waals surface area (Å²) < 4.78 is 4.71. The third kappa shape index (κ3) is 4.08. The first kappa shape index (κ1) is 17.9. The Labute approximate surface area is 143 Å². The third-order valence-corrected chi connectivity index (χ3v) is 4.32. The molecule has 0 aliphatic heterocycles. The van der Waals surface area contributed by atoms with Gasteiger partial charge in [-0.25, -0.2) is 9.59 Å². The zero-order valence-corrected chi connectivity index (χ0v) is 14.7. The number of aromatic amines is 1. The number of ether oxygens (including phenoxy) is 1. The Kier molecular flexibility index (Phi) is 5.50. The summed E-state index contributed by atoms with van der Waals surface area (Å²) in [7, 11) is 1.28. The number of methoxy groups -OCH3 is 1. The van der Waals surface area contributed by atoms with Crippen LogP contribution in [0.5, 0.6) is 0 Å². The molecule has 128 valence electrons. The van der Waals surface area contributed by atoms with Gasteiger partial charge in [0.25, 0.3) is 5.91 Å². The lowest BCUT2D eigenvalue weighted by atomic mass is 10.1. The van der Waals surface area contributed by atoms with Crippen molar-refractivity contribution in [3.8, 4) is 0 Å². The molecule has 0 atom stereocenters. The Bertz CT molecular complexity index is 823. The van der Waals surface area contributed by atoms with Gasteiger partial charge in [-0.05, 0) is 36.3 Å². The summed E-state index contributed by atoms with van der Waals surface area (Å²) in [5, 5.41) is 4.40. The molecule has 0 saturated carbocycles. The molecule has 2 aromatic heterocycles. The molecule has 0 fully saturated rings. The fourth-order valence-corrected chi connectivity index (χ4v) is 3.12. The summed E-state index contributed by atoms with van der Waals surface area (Å²) in [4.78, 5) is 42.5. The molecule has 0 aliphatic carbocycles. The molecule has 8 heteroatoms. The predicted molar refractivity (Wildman–Crippen MR) is 91.7 cm³/mol. The van der Waals surface area contributed by atoms with Gasteiger partial charge in [0.15, 0.2) is 0 Å². The number of nitrogens with zero attached hydrogens (tertiary/aromatic N) is 1. The average Bonchev–Trinajstić information content (AvgIpc) is 2.86. The highest BCUT2D eigenvalue weighted by Crippen LogP contribution is 2.28. The number of hydrogen-bond donors (Lipinski definition) is 2. The maximum Gasteiger partial charge on any atom is 0.350 e. The zero-order chi connectivity index (χ0) is 17.9. The molecule has 0 spiro atoms. The number of amides is 1. The standard InChI is InChI=1S/C16H19N3O4S/c1-8(2)5-10-6-11(18-16(22)17-10)14(20)19-12-9(3)7-24-13(12)15(21)23-4/h6-8H,5H2,1-4H3,(H,19,20)(H,17,18,22). The van der Waals surface area contributed by atoms with Gasteiger partial charge in [0, 0.05) is 5.69 Å². The summed E-state index contributed by atoms with van der Waals surface area (Å²) in [5.41, 5.74) is 1.19. The third-order valence-electron chi connectivity index (χ3n) is 3.25. The number of rotatable bonds is 5. The van der Waals surface area contributed by atoms with Gasteiger partial charge in [-0.3, -0.25) is 4.79 Å². The fraction of sp³-hybridized carbons (Fsp3) is 0.375. The van der Waals surface area contributed by atoms with Crippen LogP contribution in [0.3, 0.4) is 0 Å². The number of anilines is 1. The predicted octanol–water partition coefficient (Wildman–Crippen LogP) is 2.38. The fourth-order valence-electron chi connectivity index (χ4n) is 2.19. The molecule has 0 aromatic carbocycles. The quantitative estimate of drug-likeness (QED) is 0.807. The van der Waals surface area contributed by atoms with Crippen molar-refractivity contribution in [2.45, 2.75) is 27.2 Å². The average molecular weight is 349 g/mol. The largest absolute Gasteiger partial charge is 0.465 e. The lowest BCUT2D eigenvalue weighted by molar-refractivity contribution is 0.0607. The van der Waals surface area contributed by atoms with E-state index >= 15 is 0 Å². The first-order chi connectivity index (χ1) is 11.3. The Morgan fingerprint density at radius 1 is 1.42 bits per heavy atom. The molecular weight excluding hydrogens is 330 g/mol. The molecule has 1 amide bonds. The smallest absolute Gasteiger partial charge is 0.350 e. The number of carbonyl (C=O) groups excluding carboxylic acids is 2. The molecule has 2 N–H and O–H groups in total. The Balaban J connectivity index is 2.31. The minimum absolute atomic E-state index is 0.0100. The number of aromatic nitrogens is 2. The molecule has 7 nitrogen and oxygen atoms in total. The van der Waals surface area contributed by atoms with Crippen molar-refractivity contribution in [3.63, 3.8) is 0 Å². The van der Waals surface area contributed by atoms with E-state index in [1.54, 1.807) is 18.4 Å². The van der Waals surface area contributed by atoms with Gasteiger partial charge < -0.3 is 15.0 Å². The molecule has 0 radical (unpaired) electrons. The molecule has 0 unspecified atom stereocenters. The van der Waals surface area contributed by atoms with Crippen molar-refractivity contribution < 1.29 is 14.3 Å². The van der Waals surface area contributed by atoms with Crippen molar-refractivity contribution in [2.75, 3.05) is 12.4 Å². The van der Waals surface area contributed by atoms with Crippen LogP contribution in [-0.2, 0) is 11.2 Å². The Hall–Kier alpha value is -2.48. The topological polar surface area (TPSA) is 101 Å². The summed E-state index contributed by atoms with van der Waals surface area (Å²) in [6.45, 7) is 5.79. The van der Waals surface area contributed by atoms with Crippen molar-refractivity contribution in [3.05, 3.63) is 43.8 Å². The molecule has 2 heterocycles. The zero-order valence-electron chi connectivity index (χ0n) is 13.9. The maximum absolute atomic E-state index is 12.4. The summed E-state index contributed by atoms with van der Waals surface area (Å²) >= 11 is 1.18. The van der Waals surface area contributed by atoms with E-state index < -0.39 is 17.6 Å². The number of nitrogens with one attached hydrogen (secondary N) is 2. The van der Waals surface area contributed by atoms with Crippen LogP contribution < -0.4 is 11.0 Å². The van der Waals surface area contributed by atoms with Crippen LogP contribution in [-0.4, -0.2) is 29.0 Å². The molecule has 24 heavy (non-hydrogen) atoms. The molecule has 2 rings (SSSR count). The summed E-state index contributed by atoms with van der Waals surface area (Å²) in [5.74, 6) is -0.746. The van der Waals surface area contributed by atoms with Gasteiger partial charge >= 0.3 is 11.7 Å². The van der Waals surface area contributed by atoms with E-state index in [-0.39, 0.29) is 5.69 Å². The van der Waals surface area contributed by atoms with Crippen LogP contribution in [0.1, 0.15) is 45.3 Å². The van der Waals surface area contributed by atoms with Gasteiger partial charge in [0.1, 0.15) is 10.6 Å². The van der Waals surface area contributed by atoms with Gasteiger partial charge in [-0.15, -0.1) is 11.3 Å². The number of thiophene rings is 1. The molecule has 0 saturated heterocycles. The van der Waals surface area contributed by atoms with Crippen molar-refractivity contribution in [1.82, 2.24) is 9.97 Å². The van der Waals surface area contributed by atoms with E-state index in [0.717, 1.165) is 5.56 Å². The summed E-state index contributed by atoms with van der Waals surface area (Å²) in [6.07, 6.45) is 0.628. The van der Waals surface area contributed by atoms with Crippen LogP contribution in [0.25, 0.3) is 0 Å². The van der Waals surface area contributed by atoms with E-state index in [0.29, 0.717) is 28.6 Å². The van der Waals surface area contributed by atoms with Gasteiger partial charge in [0.05, 0.1) is 12.8 Å². The van der Waals surface area contributed by atoms with E-state index in [2.05, 4.69) is 15.3 Å². The summed E-state index contributed by atoms with van der Waals surface area (Å²) in [6, 6.07) is 1.55. The number of aryl methyl sites for hydroxylation is 1. The lowest BCUT2D eigenvalue weighted by Gasteiger charge is -2.09. The van der Waals surface area contributed by atoms with Crippen LogP contribution in [0.15, 0.2) is 16.2 Å². The second kappa shape index (κ2) is 7.39. The van der Waals surface area contributed by atoms with Crippen LogP contribution in [0.2, 0.25) is 0 Å². The molecule has 2 aromatic rings. The first-order valence-electron chi connectivity index (χ1n) is 7.39. The minimum Gasteiger partial charge on any atom is -0.465 e. The second-order valence-corrected chi connectivity index (χ2v) is 6.64. The molecule has 0 aliphatic rings. The minimum atomic E-state index is -0.575. The maximum atomic E-state index is 12.4. The van der Waals surface area contributed by atoms with Crippen molar-refractivity contribution in [2.24, 2.45) is 5.92 Å². The van der Waals surface area contributed by atoms with Crippen LogP contribution in [0.4, 0.5) is 5.69 Å². The Morgan fingerprint density at radius 2 is 2.12 bits per heavy atom. The molecule has 0 bridgehead atoms. The number of carbonyl (C=O) groups is 2. The monoisotopic (exact) mass is 349 g/mol. The second-order valence-electron chi connectivity index (χ2n) is 5.76. The highest BCUT2D eigenvalue weighted by Gasteiger charge is 2.20. The number of esters is 1. The number of H-pyrrole nitrogens is 1. The Morgan fingerprint density at radius 3 is 2.75 bits per heavy atom. The normalized spacial score (nSPS) is 10.7. The highest BCUT2D eigenvalue weighted by molar-refractivity contribution is 7.12. The molecular formula is C16H19N3O4S. The van der Waals surface area contributed by atoms with Gasteiger partial charge in [0.2, 0.25) is 0 Å². The van der Waals surface area contributed by atoms with Gasteiger partial charge in [-0.1, -0.05) is 13.8 Å². The first-order valence-corrected chi connectivity index (χ1v) is 8.27. The SMILES string of the molecule is COC(=O)c1scc(C)c1NC(=O)c1cc(CC(C)C)[nH]c(=O)n1. The van der Waals surface area contributed by atoms with E-state index in [1.165, 1.54) is 18.4 Å². The van der Waals surface area contributed by atoms with Crippen LogP contribution in [0, 0.1) is 12.8 Å². The number of hydrogen-bond acceptors (Lipinski definition) is 6. The van der Waals surface area contributed by atoms with Gasteiger partial charge in [-0.2, -0.15) is 4.98 Å². The lowest BCUT2D eigenvalue weighted by Crippen LogP contribution is -2.23. The highest BCUT2D eigenvalue weighted by atomic mass is 32.1. The van der Waals surface area contributed by atoms with Crippen molar-refractivity contribution >= 4 is 28.9 Å². The van der Waals surface area contributed by atoms with E-state index in [9.17, 15) is 14.4 Å².